The van der Waals surface area contributed by atoms with E-state index in [1.54, 1.807) is 18.2 Å². The molecule has 0 saturated carbocycles. The molecule has 3 aromatic rings. The molecule has 3 N–H and O–H groups in total. The molecule has 3 aromatic carbocycles. The Bertz CT molecular complexity index is 1230. The third-order valence-electron chi connectivity index (χ3n) is 6.01. The number of nitrogen functional groups attached to an aromatic ring is 1. The number of fused-ring (bicyclic) bond motifs is 1. The zero-order valence-electron chi connectivity index (χ0n) is 19.3. The predicted octanol–water partition coefficient (Wildman–Crippen LogP) is 4.76. The van der Waals surface area contributed by atoms with Crippen molar-refractivity contribution in [1.82, 2.24) is 4.90 Å². The fourth-order valence-corrected chi connectivity index (χ4v) is 4.01. The molecule has 1 unspecified atom stereocenters. The van der Waals surface area contributed by atoms with Crippen LogP contribution in [0, 0.1) is 0 Å². The number of nitrogens with two attached hydrogens (primary N) is 1. The number of anilines is 3. The van der Waals surface area contributed by atoms with Gasteiger partial charge in [-0.25, -0.2) is 4.90 Å². The van der Waals surface area contributed by atoms with Gasteiger partial charge in [-0.1, -0.05) is 42.5 Å². The van der Waals surface area contributed by atoms with E-state index in [-0.39, 0.29) is 17.9 Å². The Kier molecular flexibility index (Phi) is 6.03. The fourth-order valence-electron chi connectivity index (χ4n) is 4.01. The van der Waals surface area contributed by atoms with E-state index in [1.807, 2.05) is 56.6 Å². The van der Waals surface area contributed by atoms with Crippen LogP contribution in [-0.4, -0.2) is 30.8 Å². The molecule has 2 amide bonds. The van der Waals surface area contributed by atoms with Gasteiger partial charge in [0.1, 0.15) is 0 Å². The summed E-state index contributed by atoms with van der Waals surface area (Å²) >= 11 is 0. The molecule has 1 aliphatic heterocycles. The van der Waals surface area contributed by atoms with Crippen LogP contribution in [0.25, 0.3) is 11.3 Å². The molecule has 1 aliphatic rings. The van der Waals surface area contributed by atoms with Crippen LogP contribution in [0.1, 0.15) is 36.6 Å². The molecule has 168 valence electrons. The summed E-state index contributed by atoms with van der Waals surface area (Å²) in [6.07, 6.45) is 0. The summed E-state index contributed by atoms with van der Waals surface area (Å²) < 4.78 is 0. The summed E-state index contributed by atoms with van der Waals surface area (Å²) in [5, 5.41) is 3.45. The Morgan fingerprint density at radius 2 is 1.67 bits per heavy atom. The average Bonchev–Trinajstić information content (AvgIpc) is 3.08. The van der Waals surface area contributed by atoms with Gasteiger partial charge in [-0.3, -0.25) is 9.59 Å². The molecule has 4 rings (SSSR count). The van der Waals surface area contributed by atoms with Crippen molar-refractivity contribution < 1.29 is 9.59 Å². The smallest absolute Gasteiger partial charge is 0.267 e. The zero-order chi connectivity index (χ0) is 23.7. The van der Waals surface area contributed by atoms with Gasteiger partial charge in [0.2, 0.25) is 5.91 Å². The van der Waals surface area contributed by atoms with Crippen molar-refractivity contribution in [2.75, 3.05) is 30.0 Å². The van der Waals surface area contributed by atoms with E-state index in [2.05, 4.69) is 29.3 Å². The monoisotopic (exact) mass is 440 g/mol. The number of carbonyl (C=O) groups excluding carboxylic acids is 2. The zero-order valence-corrected chi connectivity index (χ0v) is 19.3. The molecule has 6 nitrogen and oxygen atoms in total. The molecule has 0 bridgehead atoms. The van der Waals surface area contributed by atoms with E-state index in [1.165, 1.54) is 17.4 Å². The maximum atomic E-state index is 13.5. The van der Waals surface area contributed by atoms with Crippen molar-refractivity contribution in [2.45, 2.75) is 19.9 Å². The van der Waals surface area contributed by atoms with E-state index in [9.17, 15) is 9.59 Å². The molecule has 0 fully saturated rings. The molecular formula is C27H28N4O2. The second-order valence-electron chi connectivity index (χ2n) is 8.44. The minimum atomic E-state index is -0.368. The third-order valence-corrected chi connectivity index (χ3v) is 6.01. The van der Waals surface area contributed by atoms with Gasteiger partial charge < -0.3 is 16.0 Å². The molecule has 0 saturated heterocycles. The van der Waals surface area contributed by atoms with Crippen LogP contribution in [0.2, 0.25) is 0 Å². The second kappa shape index (κ2) is 8.92. The first-order valence-corrected chi connectivity index (χ1v) is 10.9. The molecule has 6 heteroatoms. The molecule has 1 atom stereocenters. The lowest BCUT2D eigenvalue weighted by Crippen LogP contribution is -2.31. The van der Waals surface area contributed by atoms with E-state index in [0.717, 1.165) is 11.3 Å². The third kappa shape index (κ3) is 4.25. The van der Waals surface area contributed by atoms with Crippen molar-refractivity contribution in [1.29, 1.82) is 0 Å². The number of rotatable bonds is 5. The lowest BCUT2D eigenvalue weighted by atomic mass is 9.99. The number of carbonyl (C=O) groups is 2. The summed E-state index contributed by atoms with van der Waals surface area (Å²) in [7, 11) is 4.09. The summed E-state index contributed by atoms with van der Waals surface area (Å²) in [5.41, 5.74) is 11.6. The normalized spacial score (nSPS) is 15.4. The van der Waals surface area contributed by atoms with Crippen LogP contribution in [0.4, 0.5) is 17.1 Å². The summed E-state index contributed by atoms with van der Waals surface area (Å²) in [6.45, 7) is 3.53. The average molecular weight is 441 g/mol. The lowest BCUT2D eigenvalue weighted by Gasteiger charge is -2.21. The summed E-state index contributed by atoms with van der Waals surface area (Å²) in [6, 6.07) is 23.3. The SMILES string of the molecule is CC(=O)N1C(=O)/C(=C(\Nc2ccc(C(C)N(C)C)cc2)c2ccccc2)c2ccc(N)cc21. The van der Waals surface area contributed by atoms with Gasteiger partial charge >= 0.3 is 0 Å². The quantitative estimate of drug-likeness (QED) is 0.442. The minimum Gasteiger partial charge on any atom is -0.399 e. The molecule has 1 heterocycles. The number of benzene rings is 3. The van der Waals surface area contributed by atoms with Gasteiger partial charge in [-0.2, -0.15) is 0 Å². The van der Waals surface area contributed by atoms with Crippen LogP contribution in [-0.2, 0) is 9.59 Å². The van der Waals surface area contributed by atoms with Crippen LogP contribution < -0.4 is 16.0 Å². The van der Waals surface area contributed by atoms with Gasteiger partial charge in [-0.15, -0.1) is 0 Å². The molecule has 0 aliphatic carbocycles. The highest BCUT2D eigenvalue weighted by Gasteiger charge is 2.37. The predicted molar refractivity (Wildman–Crippen MR) is 134 cm³/mol. The van der Waals surface area contributed by atoms with Gasteiger partial charge in [0.15, 0.2) is 0 Å². The van der Waals surface area contributed by atoms with E-state index in [0.29, 0.717) is 28.2 Å². The van der Waals surface area contributed by atoms with E-state index >= 15 is 0 Å². The maximum absolute atomic E-state index is 13.5. The fraction of sp³-hybridized carbons (Fsp3) is 0.185. The first-order chi connectivity index (χ1) is 15.8. The molecule has 33 heavy (non-hydrogen) atoms. The number of imide groups is 1. The highest BCUT2D eigenvalue weighted by Crippen LogP contribution is 2.42. The standard InChI is InChI=1S/C27H28N4O2/c1-17(30(3)4)19-10-13-22(14-11-19)29-26(20-8-6-5-7-9-20)25-23-15-12-21(28)16-24(23)31(18(2)32)27(25)33/h5-17,29H,28H2,1-4H3/b26-25-. The van der Waals surface area contributed by atoms with Crippen molar-refractivity contribution in [3.05, 3.63) is 89.5 Å². The van der Waals surface area contributed by atoms with Crippen molar-refractivity contribution in [2.24, 2.45) is 0 Å². The molecule has 0 spiro atoms. The lowest BCUT2D eigenvalue weighted by molar-refractivity contribution is -0.122. The van der Waals surface area contributed by atoms with Gasteiger partial charge in [0, 0.05) is 29.9 Å². The Balaban J connectivity index is 1.86. The van der Waals surface area contributed by atoms with Crippen molar-refractivity contribution in [3.63, 3.8) is 0 Å². The number of hydrogen-bond acceptors (Lipinski definition) is 5. The largest absolute Gasteiger partial charge is 0.399 e. The molecule has 0 radical (unpaired) electrons. The molecule has 0 aromatic heterocycles. The highest BCUT2D eigenvalue weighted by atomic mass is 16.2. The Morgan fingerprint density at radius 3 is 2.27 bits per heavy atom. The second-order valence-corrected chi connectivity index (χ2v) is 8.44. The number of amides is 2. The first-order valence-electron chi connectivity index (χ1n) is 10.9. The topological polar surface area (TPSA) is 78.7 Å². The number of hydrogen-bond donors (Lipinski definition) is 2. The Morgan fingerprint density at radius 1 is 1.00 bits per heavy atom. The van der Waals surface area contributed by atoms with Crippen LogP contribution in [0.3, 0.4) is 0 Å². The van der Waals surface area contributed by atoms with E-state index < -0.39 is 0 Å². The van der Waals surface area contributed by atoms with Crippen molar-refractivity contribution in [3.8, 4) is 0 Å². The van der Waals surface area contributed by atoms with Gasteiger partial charge in [-0.05, 0) is 62.5 Å². The summed E-state index contributed by atoms with van der Waals surface area (Å²) in [4.78, 5) is 29.2. The van der Waals surface area contributed by atoms with Gasteiger partial charge in [0.05, 0.1) is 17.0 Å². The maximum Gasteiger partial charge on any atom is 0.267 e. The van der Waals surface area contributed by atoms with Crippen molar-refractivity contribution >= 4 is 40.1 Å². The Hall–Kier alpha value is -3.90. The minimum absolute atomic E-state index is 0.281. The number of nitrogens with one attached hydrogen (secondary N) is 1. The van der Waals surface area contributed by atoms with E-state index in [4.69, 9.17) is 5.73 Å². The summed E-state index contributed by atoms with van der Waals surface area (Å²) in [5.74, 6) is -0.719. The van der Waals surface area contributed by atoms with Crippen LogP contribution >= 0.6 is 0 Å². The first kappa shape index (κ1) is 22.3. The molecular weight excluding hydrogens is 412 g/mol. The Labute approximate surface area is 194 Å². The van der Waals surface area contributed by atoms with Gasteiger partial charge in [0.25, 0.3) is 5.91 Å². The number of nitrogens with zero attached hydrogens (tertiary/aromatic N) is 2. The van der Waals surface area contributed by atoms with Crippen LogP contribution in [0.15, 0.2) is 72.8 Å². The van der Waals surface area contributed by atoms with Crippen LogP contribution in [0.5, 0.6) is 0 Å². The highest BCUT2D eigenvalue weighted by molar-refractivity contribution is 6.43.